The normalized spacial score (nSPS) is 20.1. The van der Waals surface area contributed by atoms with E-state index in [1.807, 2.05) is 55.5 Å². The van der Waals surface area contributed by atoms with E-state index in [4.69, 9.17) is 4.74 Å². The Balaban J connectivity index is 1.51. The van der Waals surface area contributed by atoms with Crippen LogP contribution in [0.5, 0.6) is 5.75 Å². The smallest absolute Gasteiger partial charge is 0.262 e. The average molecular weight is 555 g/mol. The van der Waals surface area contributed by atoms with E-state index in [2.05, 4.69) is 44.8 Å². The number of carbonyl (C=O) groups excluding carboxylic acids is 3. The summed E-state index contributed by atoms with van der Waals surface area (Å²) in [7, 11) is 0. The molecule has 1 N–H and O–H groups in total. The second-order valence-corrected chi connectivity index (χ2v) is 13.5. The van der Waals surface area contributed by atoms with Gasteiger partial charge in [0.15, 0.2) is 18.2 Å². The Morgan fingerprint density at radius 2 is 1.49 bits per heavy atom. The van der Waals surface area contributed by atoms with Gasteiger partial charge in [0.1, 0.15) is 5.75 Å². The summed E-state index contributed by atoms with van der Waals surface area (Å²) < 4.78 is 5.92. The van der Waals surface area contributed by atoms with Gasteiger partial charge in [-0.25, -0.2) is 0 Å². The quantitative estimate of drug-likeness (QED) is 0.395. The van der Waals surface area contributed by atoms with E-state index in [0.29, 0.717) is 24.3 Å². The lowest BCUT2D eigenvalue weighted by Gasteiger charge is -2.49. The van der Waals surface area contributed by atoms with E-state index >= 15 is 0 Å². The number of rotatable bonds is 7. The summed E-state index contributed by atoms with van der Waals surface area (Å²) in [6.45, 7) is 13.4. The van der Waals surface area contributed by atoms with Crippen molar-refractivity contribution >= 4 is 23.2 Å². The summed E-state index contributed by atoms with van der Waals surface area (Å²) in [5.74, 6) is 0.0985. The van der Waals surface area contributed by atoms with Crippen LogP contribution in [0, 0.1) is 17.8 Å². The minimum Gasteiger partial charge on any atom is -0.484 e. The SMILES string of the molecule is CCCN1C2=C(C(=O)CC(C)(C)C2)C(c2cccc(OCC(=O)Nc3ccc(C)cc3)c2)C2=C1CC(C)(C)CC2=O. The largest absolute Gasteiger partial charge is 0.484 e. The second kappa shape index (κ2) is 11.0. The third-order valence-corrected chi connectivity index (χ3v) is 8.37. The van der Waals surface area contributed by atoms with Crippen molar-refractivity contribution in [1.82, 2.24) is 4.90 Å². The van der Waals surface area contributed by atoms with E-state index in [0.717, 1.165) is 59.5 Å². The molecule has 0 saturated heterocycles. The summed E-state index contributed by atoms with van der Waals surface area (Å²) >= 11 is 0. The van der Waals surface area contributed by atoms with Gasteiger partial charge in [0.2, 0.25) is 0 Å². The summed E-state index contributed by atoms with van der Waals surface area (Å²) in [5, 5.41) is 2.86. The molecule has 0 saturated carbocycles. The van der Waals surface area contributed by atoms with Crippen LogP contribution in [-0.4, -0.2) is 35.5 Å². The van der Waals surface area contributed by atoms with Crippen molar-refractivity contribution in [1.29, 1.82) is 0 Å². The standard InChI is InChI=1S/C35H42N2O4/c1-7-15-37-26-17-34(3,4)19-28(38)32(26)31(33-27(37)18-35(5,6)20-29(33)39)23-9-8-10-25(16-23)41-21-30(40)36-24-13-11-22(2)12-14-24/h8-14,16,31H,7,15,17-21H2,1-6H3,(H,36,40). The molecule has 0 fully saturated rings. The number of hydrogen-bond donors (Lipinski definition) is 1. The third-order valence-electron chi connectivity index (χ3n) is 8.37. The average Bonchev–Trinajstić information content (AvgIpc) is 2.88. The van der Waals surface area contributed by atoms with E-state index in [1.54, 1.807) is 0 Å². The van der Waals surface area contributed by atoms with E-state index in [9.17, 15) is 14.4 Å². The predicted molar refractivity (Wildman–Crippen MR) is 162 cm³/mol. The molecule has 5 rings (SSSR count). The van der Waals surface area contributed by atoms with Gasteiger partial charge >= 0.3 is 0 Å². The van der Waals surface area contributed by atoms with Crippen LogP contribution in [0.15, 0.2) is 71.1 Å². The molecule has 1 aliphatic heterocycles. The van der Waals surface area contributed by atoms with Gasteiger partial charge in [0, 0.05) is 53.5 Å². The number of allylic oxidation sites excluding steroid dienone is 4. The predicted octanol–water partition coefficient (Wildman–Crippen LogP) is 7.11. The molecule has 216 valence electrons. The summed E-state index contributed by atoms with van der Waals surface area (Å²) in [6, 6.07) is 15.2. The highest BCUT2D eigenvalue weighted by molar-refractivity contribution is 6.06. The van der Waals surface area contributed by atoms with Crippen LogP contribution in [-0.2, 0) is 14.4 Å². The number of ketones is 2. The molecular formula is C35H42N2O4. The van der Waals surface area contributed by atoms with Crippen LogP contribution in [0.25, 0.3) is 0 Å². The molecule has 1 heterocycles. The van der Waals surface area contributed by atoms with Crippen LogP contribution < -0.4 is 10.1 Å². The van der Waals surface area contributed by atoms with Crippen molar-refractivity contribution < 1.29 is 19.1 Å². The highest BCUT2D eigenvalue weighted by Gasteiger charge is 2.48. The Labute approximate surface area is 243 Å². The van der Waals surface area contributed by atoms with Crippen LogP contribution in [0.4, 0.5) is 5.69 Å². The van der Waals surface area contributed by atoms with Crippen molar-refractivity contribution in [3.63, 3.8) is 0 Å². The first-order valence-corrected chi connectivity index (χ1v) is 14.8. The number of aryl methyl sites for hydroxylation is 1. The second-order valence-electron chi connectivity index (χ2n) is 13.5. The first-order chi connectivity index (χ1) is 19.4. The van der Waals surface area contributed by atoms with Crippen molar-refractivity contribution in [3.8, 4) is 5.75 Å². The Kier molecular flexibility index (Phi) is 7.71. The molecule has 0 spiro atoms. The number of nitrogens with zero attached hydrogens (tertiary/aromatic N) is 1. The lowest BCUT2D eigenvalue weighted by atomic mass is 9.63. The maximum atomic E-state index is 13.9. The van der Waals surface area contributed by atoms with E-state index < -0.39 is 5.92 Å². The Hall–Kier alpha value is -3.67. The van der Waals surface area contributed by atoms with Crippen molar-refractivity contribution in [2.45, 2.75) is 79.6 Å². The van der Waals surface area contributed by atoms with Crippen LogP contribution >= 0.6 is 0 Å². The van der Waals surface area contributed by atoms with Crippen molar-refractivity contribution in [3.05, 3.63) is 82.2 Å². The molecule has 0 unspecified atom stereocenters. The van der Waals surface area contributed by atoms with Gasteiger partial charge in [-0.2, -0.15) is 0 Å². The fraction of sp³-hybridized carbons (Fsp3) is 0.457. The summed E-state index contributed by atoms with van der Waals surface area (Å²) in [5.41, 5.74) is 6.08. The third kappa shape index (κ3) is 6.02. The minimum absolute atomic E-state index is 0.121. The fourth-order valence-corrected chi connectivity index (χ4v) is 6.64. The summed E-state index contributed by atoms with van der Waals surface area (Å²) in [4.78, 5) is 42.7. The van der Waals surface area contributed by atoms with Gasteiger partial charge in [0.25, 0.3) is 5.91 Å². The number of nitrogens with one attached hydrogen (secondary N) is 1. The lowest BCUT2D eigenvalue weighted by Crippen LogP contribution is -2.44. The number of hydrogen-bond acceptors (Lipinski definition) is 5. The first-order valence-electron chi connectivity index (χ1n) is 14.8. The first kappa shape index (κ1) is 28.8. The minimum atomic E-state index is -0.426. The van der Waals surface area contributed by atoms with Crippen LogP contribution in [0.1, 0.15) is 83.8 Å². The highest BCUT2D eigenvalue weighted by Crippen LogP contribution is 2.54. The van der Waals surface area contributed by atoms with Gasteiger partial charge < -0.3 is 15.0 Å². The highest BCUT2D eigenvalue weighted by atomic mass is 16.5. The van der Waals surface area contributed by atoms with Crippen molar-refractivity contribution in [2.75, 3.05) is 18.5 Å². The van der Waals surface area contributed by atoms with Gasteiger partial charge in [0.05, 0.1) is 0 Å². The zero-order valence-electron chi connectivity index (χ0n) is 25.2. The topological polar surface area (TPSA) is 75.7 Å². The molecule has 0 bridgehead atoms. The maximum Gasteiger partial charge on any atom is 0.262 e. The summed E-state index contributed by atoms with van der Waals surface area (Å²) in [6.07, 6.45) is 3.44. The molecule has 0 atom stereocenters. The Bertz CT molecular complexity index is 1390. The van der Waals surface area contributed by atoms with Gasteiger partial charge in [-0.3, -0.25) is 14.4 Å². The van der Waals surface area contributed by atoms with E-state index in [-0.39, 0.29) is 34.9 Å². The Morgan fingerprint density at radius 3 is 2.05 bits per heavy atom. The van der Waals surface area contributed by atoms with Gasteiger partial charge in [-0.1, -0.05) is 64.4 Å². The Morgan fingerprint density at radius 1 is 0.902 bits per heavy atom. The molecule has 2 aromatic carbocycles. The monoisotopic (exact) mass is 554 g/mol. The number of carbonyl (C=O) groups is 3. The number of benzene rings is 2. The van der Waals surface area contributed by atoms with E-state index in [1.165, 1.54) is 0 Å². The zero-order chi connectivity index (χ0) is 29.5. The van der Waals surface area contributed by atoms with Crippen LogP contribution in [0.2, 0.25) is 0 Å². The number of Topliss-reactive ketones (excluding diaryl/α,β-unsaturated/α-hetero) is 2. The maximum absolute atomic E-state index is 13.9. The lowest BCUT2D eigenvalue weighted by molar-refractivity contribution is -0.120. The van der Waals surface area contributed by atoms with Gasteiger partial charge in [-0.15, -0.1) is 0 Å². The molecular weight excluding hydrogens is 512 g/mol. The number of anilines is 1. The molecule has 0 aromatic heterocycles. The molecule has 3 aliphatic rings. The fourth-order valence-electron chi connectivity index (χ4n) is 6.64. The molecule has 41 heavy (non-hydrogen) atoms. The molecule has 0 radical (unpaired) electrons. The number of amides is 1. The molecule has 2 aromatic rings. The molecule has 6 nitrogen and oxygen atoms in total. The van der Waals surface area contributed by atoms with Crippen LogP contribution in [0.3, 0.4) is 0 Å². The van der Waals surface area contributed by atoms with Crippen molar-refractivity contribution in [2.24, 2.45) is 10.8 Å². The molecule has 2 aliphatic carbocycles. The molecule has 6 heteroatoms. The number of ether oxygens (including phenoxy) is 1. The van der Waals surface area contributed by atoms with Gasteiger partial charge in [-0.05, 0) is 66.8 Å². The molecule has 1 amide bonds. The zero-order valence-corrected chi connectivity index (χ0v) is 25.2.